The lowest BCUT2D eigenvalue weighted by atomic mass is 10.1. The molecule has 4 aromatic carbocycles. The molecule has 130 valence electrons. The maximum absolute atomic E-state index is 2.40. The lowest BCUT2D eigenvalue weighted by molar-refractivity contribution is 1.04. The van der Waals surface area contributed by atoms with Crippen molar-refractivity contribution >= 4 is 32.4 Å². The molecule has 0 radical (unpaired) electrons. The second kappa shape index (κ2) is 7.09. The average Bonchev–Trinajstić information content (AvgIpc) is 2.75. The minimum atomic E-state index is -0.0249. The summed E-state index contributed by atoms with van der Waals surface area (Å²) in [4.78, 5) is 2.91. The molecule has 0 N–H and O–H groups in total. The summed E-state index contributed by atoms with van der Waals surface area (Å²) in [5.41, 5.74) is 0. The quantitative estimate of drug-likeness (QED) is 0.346. The van der Waals surface area contributed by atoms with Gasteiger partial charge in [0.05, 0.1) is 10.9 Å². The van der Waals surface area contributed by atoms with E-state index in [1.807, 2.05) is 0 Å². The second-order valence-corrected chi connectivity index (χ2v) is 9.04. The molecular weight excluding hydrogens is 344 g/mol. The van der Waals surface area contributed by atoms with Gasteiger partial charge in [-0.15, -0.1) is 0 Å². The summed E-state index contributed by atoms with van der Waals surface area (Å²) >= 11 is 0. The van der Waals surface area contributed by atoms with Gasteiger partial charge in [0.2, 0.25) is 0 Å². The van der Waals surface area contributed by atoms with E-state index in [0.717, 1.165) is 6.42 Å². The summed E-state index contributed by atoms with van der Waals surface area (Å²) in [7, 11) is -0.0249. The van der Waals surface area contributed by atoms with Gasteiger partial charge in [0.25, 0.3) is 0 Å². The first-order valence-electron chi connectivity index (χ1n) is 9.44. The molecule has 0 fully saturated rings. The molecule has 0 spiro atoms. The van der Waals surface area contributed by atoms with Crippen molar-refractivity contribution < 1.29 is 0 Å². The van der Waals surface area contributed by atoms with Crippen molar-refractivity contribution in [2.75, 3.05) is 0 Å². The fourth-order valence-corrected chi connectivity index (χ4v) is 6.69. The van der Waals surface area contributed by atoms with Crippen LogP contribution in [0.2, 0.25) is 0 Å². The van der Waals surface area contributed by atoms with E-state index in [0.29, 0.717) is 5.25 Å². The normalized spacial score (nSPS) is 16.4. The van der Waals surface area contributed by atoms with E-state index in [2.05, 4.69) is 109 Å². The van der Waals surface area contributed by atoms with E-state index < -0.39 is 0 Å². The summed E-state index contributed by atoms with van der Waals surface area (Å²) in [5, 5.41) is 5.89. The Morgan fingerprint density at radius 1 is 0.593 bits per heavy atom. The van der Waals surface area contributed by atoms with Crippen molar-refractivity contribution in [3.8, 4) is 0 Å². The molecule has 1 aliphatic rings. The van der Waals surface area contributed by atoms with Crippen molar-refractivity contribution in [2.24, 2.45) is 0 Å². The highest BCUT2D eigenvalue weighted by atomic mass is 32.2. The number of hydrogen-bond acceptors (Lipinski definition) is 0. The van der Waals surface area contributed by atoms with Crippen LogP contribution in [-0.2, 0) is 10.9 Å². The first kappa shape index (κ1) is 16.4. The summed E-state index contributed by atoms with van der Waals surface area (Å²) in [6.07, 6.45) is 10.2. The van der Waals surface area contributed by atoms with E-state index in [-0.39, 0.29) is 10.9 Å². The van der Waals surface area contributed by atoms with Crippen LogP contribution in [0.3, 0.4) is 0 Å². The van der Waals surface area contributed by atoms with Crippen LogP contribution in [0.25, 0.3) is 21.5 Å². The first-order chi connectivity index (χ1) is 13.4. The Kier molecular flexibility index (Phi) is 4.31. The Morgan fingerprint density at radius 2 is 1.15 bits per heavy atom. The maximum Gasteiger partial charge on any atom is 0.169 e. The molecule has 0 heterocycles. The van der Waals surface area contributed by atoms with E-state index in [9.17, 15) is 0 Å². The predicted molar refractivity (Wildman–Crippen MR) is 118 cm³/mol. The maximum atomic E-state index is 2.40. The number of allylic oxidation sites excluding steroid dienone is 3. The van der Waals surface area contributed by atoms with Crippen molar-refractivity contribution in [1.82, 2.24) is 0 Å². The molecule has 0 amide bonds. The van der Waals surface area contributed by atoms with Gasteiger partial charge in [0.15, 0.2) is 15.0 Å². The third-order valence-electron chi connectivity index (χ3n) is 5.22. The standard InChI is InChI=1S/C26H21S/c1-2-14-22(15-3-1)27(25-18-8-12-20-10-4-6-16-23(20)25)26-19-9-13-21-11-5-7-17-24(21)26/h1-14,16-19,22H,15H2/q+1. The molecule has 0 aromatic heterocycles. The van der Waals surface area contributed by atoms with Gasteiger partial charge in [-0.05, 0) is 41.1 Å². The Morgan fingerprint density at radius 3 is 1.70 bits per heavy atom. The third-order valence-corrected chi connectivity index (χ3v) is 7.83. The summed E-state index contributed by atoms with van der Waals surface area (Å²) in [6.45, 7) is 0. The van der Waals surface area contributed by atoms with Crippen LogP contribution in [0.5, 0.6) is 0 Å². The molecule has 1 atom stereocenters. The van der Waals surface area contributed by atoms with Gasteiger partial charge in [-0.2, -0.15) is 0 Å². The minimum Gasteiger partial charge on any atom is -0.0792 e. The van der Waals surface area contributed by atoms with Gasteiger partial charge < -0.3 is 0 Å². The molecule has 0 saturated carbocycles. The molecule has 1 heteroatoms. The van der Waals surface area contributed by atoms with E-state index >= 15 is 0 Å². The molecule has 0 nitrogen and oxygen atoms in total. The average molecular weight is 366 g/mol. The van der Waals surface area contributed by atoms with Crippen molar-refractivity contribution in [3.05, 3.63) is 109 Å². The fraction of sp³-hybridized carbons (Fsp3) is 0.0769. The monoisotopic (exact) mass is 365 g/mol. The van der Waals surface area contributed by atoms with E-state index in [1.165, 1.54) is 31.3 Å². The zero-order valence-electron chi connectivity index (χ0n) is 15.1. The van der Waals surface area contributed by atoms with Crippen LogP contribution in [0.15, 0.2) is 119 Å². The number of benzene rings is 4. The molecule has 0 saturated heterocycles. The van der Waals surface area contributed by atoms with Gasteiger partial charge in [0, 0.05) is 17.2 Å². The number of rotatable bonds is 3. The smallest absolute Gasteiger partial charge is 0.0792 e. The van der Waals surface area contributed by atoms with E-state index in [1.54, 1.807) is 0 Å². The Bertz CT molecular complexity index is 1080. The molecule has 0 aliphatic heterocycles. The van der Waals surface area contributed by atoms with E-state index in [4.69, 9.17) is 0 Å². The van der Waals surface area contributed by atoms with Gasteiger partial charge in [-0.25, -0.2) is 0 Å². The molecule has 5 rings (SSSR count). The Hall–Kier alpha value is -2.77. The summed E-state index contributed by atoms with van der Waals surface area (Å²) in [6, 6.07) is 31.1. The van der Waals surface area contributed by atoms with Gasteiger partial charge in [-0.3, -0.25) is 0 Å². The van der Waals surface area contributed by atoms with Crippen molar-refractivity contribution in [2.45, 2.75) is 21.5 Å². The van der Waals surface area contributed by atoms with Crippen molar-refractivity contribution in [1.29, 1.82) is 0 Å². The van der Waals surface area contributed by atoms with Gasteiger partial charge in [0.1, 0.15) is 0 Å². The third kappa shape index (κ3) is 2.98. The predicted octanol–water partition coefficient (Wildman–Crippen LogP) is 6.91. The second-order valence-electron chi connectivity index (χ2n) is 6.88. The zero-order chi connectivity index (χ0) is 18.1. The lowest BCUT2D eigenvalue weighted by Gasteiger charge is -2.19. The number of hydrogen-bond donors (Lipinski definition) is 0. The fourth-order valence-electron chi connectivity index (χ4n) is 3.95. The molecule has 4 aromatic rings. The van der Waals surface area contributed by atoms with Crippen LogP contribution in [0.1, 0.15) is 6.42 Å². The zero-order valence-corrected chi connectivity index (χ0v) is 15.9. The minimum absolute atomic E-state index is 0.0249. The first-order valence-corrected chi connectivity index (χ1v) is 10.7. The van der Waals surface area contributed by atoms with Crippen LogP contribution in [-0.4, -0.2) is 5.25 Å². The van der Waals surface area contributed by atoms with Crippen LogP contribution >= 0.6 is 0 Å². The van der Waals surface area contributed by atoms with Gasteiger partial charge >= 0.3 is 0 Å². The van der Waals surface area contributed by atoms with Gasteiger partial charge in [-0.1, -0.05) is 78.9 Å². The lowest BCUT2D eigenvalue weighted by Crippen LogP contribution is -2.21. The molecule has 1 unspecified atom stereocenters. The summed E-state index contributed by atoms with van der Waals surface area (Å²) < 4.78 is 0. The SMILES string of the molecule is C1=CCC([S+](c2cccc3ccccc23)c2cccc3ccccc23)C=C1. The summed E-state index contributed by atoms with van der Waals surface area (Å²) in [5.74, 6) is 0. The highest BCUT2D eigenvalue weighted by molar-refractivity contribution is 7.98. The van der Waals surface area contributed by atoms with Crippen LogP contribution < -0.4 is 0 Å². The van der Waals surface area contributed by atoms with Crippen molar-refractivity contribution in [3.63, 3.8) is 0 Å². The highest BCUT2D eigenvalue weighted by Gasteiger charge is 2.36. The molecule has 0 bridgehead atoms. The largest absolute Gasteiger partial charge is 0.169 e. The Balaban J connectivity index is 1.79. The molecular formula is C26H21S+. The number of fused-ring (bicyclic) bond motifs is 2. The molecule has 1 aliphatic carbocycles. The molecule has 27 heavy (non-hydrogen) atoms. The highest BCUT2D eigenvalue weighted by Crippen LogP contribution is 2.38. The van der Waals surface area contributed by atoms with Crippen LogP contribution in [0, 0.1) is 0 Å². The topological polar surface area (TPSA) is 0 Å². The van der Waals surface area contributed by atoms with Crippen LogP contribution in [0.4, 0.5) is 0 Å². The Labute approximate surface area is 163 Å².